The largest absolute Gasteiger partial charge is 0.347 e. The molecule has 0 saturated carbocycles. The Morgan fingerprint density at radius 2 is 2.05 bits per heavy atom. The summed E-state index contributed by atoms with van der Waals surface area (Å²) in [6.45, 7) is 4.06. The number of thiazole rings is 1. The van der Waals surface area contributed by atoms with Gasteiger partial charge in [0, 0.05) is 29.6 Å². The van der Waals surface area contributed by atoms with Crippen molar-refractivity contribution < 1.29 is 4.79 Å². The molecule has 2 aliphatic heterocycles. The minimum Gasteiger partial charge on any atom is -0.347 e. The van der Waals surface area contributed by atoms with Crippen molar-refractivity contribution in [2.24, 2.45) is 5.92 Å². The van der Waals surface area contributed by atoms with Crippen molar-refractivity contribution in [3.63, 3.8) is 0 Å². The van der Waals surface area contributed by atoms with E-state index < -0.39 is 0 Å². The lowest BCUT2D eigenvalue weighted by atomic mass is 9.89. The SMILES string of the molecule is Cc1cnc(C(C)NC(=O)CC2CC3CCC(C2)N3)s1.Cl.Cl. The molecule has 3 rings (SSSR count). The van der Waals surface area contributed by atoms with Gasteiger partial charge in [0.1, 0.15) is 5.01 Å². The van der Waals surface area contributed by atoms with E-state index in [4.69, 9.17) is 0 Å². The molecule has 2 saturated heterocycles. The van der Waals surface area contributed by atoms with Crippen molar-refractivity contribution in [2.75, 3.05) is 0 Å². The van der Waals surface area contributed by atoms with Crippen LogP contribution in [0.5, 0.6) is 0 Å². The molecule has 2 aliphatic rings. The van der Waals surface area contributed by atoms with Crippen LogP contribution in [0.1, 0.15) is 55.0 Å². The van der Waals surface area contributed by atoms with Gasteiger partial charge in [0.25, 0.3) is 0 Å². The third kappa shape index (κ3) is 4.82. The molecule has 1 aromatic heterocycles. The molecular formula is C15H25Cl2N3OS. The highest BCUT2D eigenvalue weighted by atomic mass is 35.5. The van der Waals surface area contributed by atoms with Crippen molar-refractivity contribution in [1.29, 1.82) is 0 Å². The Hall–Kier alpha value is -0.360. The van der Waals surface area contributed by atoms with Gasteiger partial charge >= 0.3 is 0 Å². The highest BCUT2D eigenvalue weighted by Crippen LogP contribution is 2.32. The van der Waals surface area contributed by atoms with E-state index in [-0.39, 0.29) is 36.8 Å². The molecule has 3 unspecified atom stereocenters. The highest BCUT2D eigenvalue weighted by Gasteiger charge is 2.34. The third-order valence-corrected chi connectivity index (χ3v) is 5.53. The molecule has 0 radical (unpaired) electrons. The maximum absolute atomic E-state index is 12.2. The fraction of sp³-hybridized carbons (Fsp3) is 0.733. The molecule has 0 spiro atoms. The van der Waals surface area contributed by atoms with E-state index in [1.165, 1.54) is 17.7 Å². The first-order valence-electron chi connectivity index (χ1n) is 7.58. The van der Waals surface area contributed by atoms with E-state index in [1.54, 1.807) is 11.3 Å². The van der Waals surface area contributed by atoms with Crippen LogP contribution in [0.3, 0.4) is 0 Å². The summed E-state index contributed by atoms with van der Waals surface area (Å²) in [5.74, 6) is 0.732. The maximum atomic E-state index is 12.2. The fourth-order valence-corrected chi connectivity index (χ4v) is 4.31. The number of aryl methyl sites for hydroxylation is 1. The average molecular weight is 366 g/mol. The molecule has 22 heavy (non-hydrogen) atoms. The minimum atomic E-state index is 0. The fourth-order valence-electron chi connectivity index (χ4n) is 3.54. The Balaban J connectivity index is 0.00000121. The van der Waals surface area contributed by atoms with Crippen molar-refractivity contribution in [3.8, 4) is 0 Å². The van der Waals surface area contributed by atoms with Gasteiger partial charge in [0.05, 0.1) is 6.04 Å². The third-order valence-electron chi connectivity index (χ3n) is 4.43. The number of nitrogens with zero attached hydrogens (tertiary/aromatic N) is 1. The Bertz CT molecular complexity index is 485. The summed E-state index contributed by atoms with van der Waals surface area (Å²) < 4.78 is 0. The molecule has 1 aromatic rings. The summed E-state index contributed by atoms with van der Waals surface area (Å²) in [6, 6.07) is 1.34. The number of nitrogens with one attached hydrogen (secondary N) is 2. The van der Waals surface area contributed by atoms with Crippen molar-refractivity contribution in [1.82, 2.24) is 15.6 Å². The van der Waals surface area contributed by atoms with Crippen molar-refractivity contribution in [3.05, 3.63) is 16.1 Å². The number of carbonyl (C=O) groups is 1. The first-order valence-corrected chi connectivity index (χ1v) is 8.39. The Morgan fingerprint density at radius 1 is 1.41 bits per heavy atom. The van der Waals surface area contributed by atoms with Gasteiger partial charge in [-0.2, -0.15) is 0 Å². The summed E-state index contributed by atoms with van der Waals surface area (Å²) in [6.07, 6.45) is 7.44. The van der Waals surface area contributed by atoms with Gasteiger partial charge in [0.2, 0.25) is 5.91 Å². The summed E-state index contributed by atoms with van der Waals surface area (Å²) in [4.78, 5) is 17.7. The van der Waals surface area contributed by atoms with Crippen LogP contribution in [0.15, 0.2) is 6.20 Å². The number of piperidine rings is 1. The summed E-state index contributed by atoms with van der Waals surface area (Å²) in [5, 5.41) is 7.72. The number of halogens is 2. The zero-order valence-corrected chi connectivity index (χ0v) is 15.5. The highest BCUT2D eigenvalue weighted by molar-refractivity contribution is 7.11. The molecule has 2 N–H and O–H groups in total. The monoisotopic (exact) mass is 365 g/mol. The number of carbonyl (C=O) groups excluding carboxylic acids is 1. The molecule has 3 heterocycles. The van der Waals surface area contributed by atoms with Crippen LogP contribution in [0, 0.1) is 12.8 Å². The van der Waals surface area contributed by atoms with Gasteiger partial charge in [-0.3, -0.25) is 4.79 Å². The van der Waals surface area contributed by atoms with Crippen LogP contribution < -0.4 is 10.6 Å². The minimum absolute atomic E-state index is 0. The molecule has 2 bridgehead atoms. The molecule has 4 nitrogen and oxygen atoms in total. The summed E-state index contributed by atoms with van der Waals surface area (Å²) in [5.41, 5.74) is 0. The number of rotatable bonds is 4. The van der Waals surface area contributed by atoms with Gasteiger partial charge in [-0.1, -0.05) is 0 Å². The maximum Gasteiger partial charge on any atom is 0.220 e. The number of aromatic nitrogens is 1. The first kappa shape index (κ1) is 19.7. The predicted molar refractivity (Wildman–Crippen MR) is 95.2 cm³/mol. The van der Waals surface area contributed by atoms with Crippen LogP contribution in [0.2, 0.25) is 0 Å². The molecular weight excluding hydrogens is 341 g/mol. The number of fused-ring (bicyclic) bond motifs is 2. The summed E-state index contributed by atoms with van der Waals surface area (Å²) >= 11 is 1.66. The smallest absolute Gasteiger partial charge is 0.220 e. The number of hydrogen-bond acceptors (Lipinski definition) is 4. The van der Waals surface area contributed by atoms with E-state index in [0.29, 0.717) is 24.4 Å². The second kappa shape index (κ2) is 8.48. The van der Waals surface area contributed by atoms with E-state index >= 15 is 0 Å². The number of hydrogen-bond donors (Lipinski definition) is 2. The molecule has 1 amide bonds. The van der Waals surface area contributed by atoms with Gasteiger partial charge in [-0.15, -0.1) is 36.2 Å². The van der Waals surface area contributed by atoms with Gasteiger partial charge < -0.3 is 10.6 Å². The lowest BCUT2D eigenvalue weighted by Crippen LogP contribution is -2.40. The van der Waals surface area contributed by atoms with Gasteiger partial charge in [-0.05, 0) is 45.4 Å². The van der Waals surface area contributed by atoms with Gasteiger partial charge in [-0.25, -0.2) is 4.98 Å². The predicted octanol–water partition coefficient (Wildman–Crippen LogP) is 3.39. The van der Waals surface area contributed by atoms with Gasteiger partial charge in [0.15, 0.2) is 0 Å². The zero-order chi connectivity index (χ0) is 14.1. The van der Waals surface area contributed by atoms with E-state index in [1.807, 2.05) is 20.0 Å². The Labute approximate surface area is 148 Å². The molecule has 2 fully saturated rings. The molecule has 0 aromatic carbocycles. The van der Waals surface area contributed by atoms with Crippen LogP contribution in [-0.4, -0.2) is 23.0 Å². The topological polar surface area (TPSA) is 54.0 Å². The summed E-state index contributed by atoms with van der Waals surface area (Å²) in [7, 11) is 0. The number of amides is 1. The molecule has 3 atom stereocenters. The van der Waals surface area contributed by atoms with Crippen LogP contribution in [0.4, 0.5) is 0 Å². The Kier molecular flexibility index (Phi) is 7.59. The van der Waals surface area contributed by atoms with E-state index in [2.05, 4.69) is 15.6 Å². The molecule has 126 valence electrons. The van der Waals surface area contributed by atoms with Crippen LogP contribution >= 0.6 is 36.2 Å². The van der Waals surface area contributed by atoms with E-state index in [9.17, 15) is 4.79 Å². The first-order chi connectivity index (χ1) is 9.60. The van der Waals surface area contributed by atoms with E-state index in [0.717, 1.165) is 17.8 Å². The zero-order valence-electron chi connectivity index (χ0n) is 13.0. The average Bonchev–Trinajstić information content (AvgIpc) is 2.95. The second-order valence-electron chi connectivity index (χ2n) is 6.28. The normalized spacial score (nSPS) is 27.5. The molecule has 7 heteroatoms. The van der Waals surface area contributed by atoms with Crippen molar-refractivity contribution in [2.45, 2.75) is 64.1 Å². The quantitative estimate of drug-likeness (QED) is 0.859. The second-order valence-corrected chi connectivity index (χ2v) is 7.54. The van der Waals surface area contributed by atoms with Crippen LogP contribution in [-0.2, 0) is 4.79 Å². The standard InChI is InChI=1S/C15H23N3OS.2ClH/c1-9-8-16-15(20-9)10(2)17-14(19)7-11-5-12-3-4-13(6-11)18-12;;/h8,10-13,18H,3-7H2,1-2H3,(H,17,19);2*1H. The Morgan fingerprint density at radius 3 is 2.59 bits per heavy atom. The lowest BCUT2D eigenvalue weighted by Gasteiger charge is -2.28. The molecule has 0 aliphatic carbocycles. The van der Waals surface area contributed by atoms with Crippen LogP contribution in [0.25, 0.3) is 0 Å². The lowest BCUT2D eigenvalue weighted by molar-refractivity contribution is -0.122. The van der Waals surface area contributed by atoms with Crippen molar-refractivity contribution >= 4 is 42.1 Å².